The minimum atomic E-state index is -0.583. The van der Waals surface area contributed by atoms with Crippen molar-refractivity contribution >= 4 is 17.7 Å². The summed E-state index contributed by atoms with van der Waals surface area (Å²) in [6, 6.07) is 20.8. The maximum atomic E-state index is 14.1. The van der Waals surface area contributed by atoms with Gasteiger partial charge in [0.25, 0.3) is 0 Å². The van der Waals surface area contributed by atoms with Gasteiger partial charge in [-0.25, -0.2) is 9.18 Å². The van der Waals surface area contributed by atoms with Crippen LogP contribution in [0.15, 0.2) is 78.9 Å². The minimum Gasteiger partial charge on any atom is -0.458 e. The van der Waals surface area contributed by atoms with E-state index in [0.717, 1.165) is 5.56 Å². The molecule has 0 heterocycles. The van der Waals surface area contributed by atoms with E-state index in [1.54, 1.807) is 24.3 Å². The first-order valence-electron chi connectivity index (χ1n) is 8.33. The van der Waals surface area contributed by atoms with E-state index in [0.29, 0.717) is 11.3 Å². The number of esters is 1. The molecule has 0 unspecified atom stereocenters. The third-order valence-corrected chi connectivity index (χ3v) is 3.77. The normalized spacial score (nSPS) is 10.7. The molecule has 0 aromatic heterocycles. The zero-order chi connectivity index (χ0) is 19.1. The summed E-state index contributed by atoms with van der Waals surface area (Å²) in [5, 5.41) is 0. The highest BCUT2D eigenvalue weighted by Gasteiger charge is 2.12. The Bertz CT molecular complexity index is 941. The summed E-state index contributed by atoms with van der Waals surface area (Å²) in [5.41, 5.74) is 7.46. The molecule has 3 aromatic rings. The summed E-state index contributed by atoms with van der Waals surface area (Å²) < 4.78 is 24.8. The predicted octanol–water partition coefficient (Wildman–Crippen LogP) is 4.96. The molecule has 0 aliphatic rings. The molecule has 5 heteroatoms. The molecule has 4 nitrogen and oxygen atoms in total. The number of hydrogen-bond acceptors (Lipinski definition) is 4. The maximum absolute atomic E-state index is 14.1. The lowest BCUT2D eigenvalue weighted by Crippen LogP contribution is -2.01. The van der Waals surface area contributed by atoms with Gasteiger partial charge in [0.15, 0.2) is 11.6 Å². The second kappa shape index (κ2) is 8.67. The van der Waals surface area contributed by atoms with Gasteiger partial charge in [-0.05, 0) is 35.9 Å². The molecule has 0 saturated heterocycles. The summed E-state index contributed by atoms with van der Waals surface area (Å²) in [6.07, 6.45) is 2.72. The smallest absolute Gasteiger partial charge is 0.331 e. The van der Waals surface area contributed by atoms with E-state index >= 15 is 0 Å². The number of carbonyl (C=O) groups is 1. The van der Waals surface area contributed by atoms with Gasteiger partial charge in [-0.1, -0.05) is 48.5 Å². The number of anilines is 1. The maximum Gasteiger partial charge on any atom is 0.331 e. The second-order valence-corrected chi connectivity index (χ2v) is 5.72. The highest BCUT2D eigenvalue weighted by atomic mass is 19.1. The first-order chi connectivity index (χ1) is 13.1. The van der Waals surface area contributed by atoms with Gasteiger partial charge in [-0.2, -0.15) is 0 Å². The average Bonchev–Trinajstić information content (AvgIpc) is 2.70. The Kier molecular flexibility index (Phi) is 5.84. The zero-order valence-electron chi connectivity index (χ0n) is 14.5. The molecule has 0 aliphatic heterocycles. The van der Waals surface area contributed by atoms with Crippen molar-refractivity contribution in [3.63, 3.8) is 0 Å². The quantitative estimate of drug-likeness (QED) is 0.382. The van der Waals surface area contributed by atoms with Crippen molar-refractivity contribution in [3.8, 4) is 11.5 Å². The molecule has 3 aromatic carbocycles. The summed E-state index contributed by atoms with van der Waals surface area (Å²) >= 11 is 0. The van der Waals surface area contributed by atoms with Crippen molar-refractivity contribution in [2.24, 2.45) is 0 Å². The molecule has 27 heavy (non-hydrogen) atoms. The fourth-order valence-electron chi connectivity index (χ4n) is 2.38. The molecule has 3 rings (SSSR count). The number of rotatable bonds is 6. The molecule has 0 amide bonds. The molecular weight excluding hydrogens is 345 g/mol. The van der Waals surface area contributed by atoms with Crippen molar-refractivity contribution < 1.29 is 18.7 Å². The van der Waals surface area contributed by atoms with Gasteiger partial charge >= 0.3 is 5.97 Å². The van der Waals surface area contributed by atoms with Crippen LogP contribution in [-0.4, -0.2) is 5.97 Å². The summed E-state index contributed by atoms with van der Waals surface area (Å²) in [4.78, 5) is 11.9. The summed E-state index contributed by atoms with van der Waals surface area (Å²) in [5.74, 6) is -0.722. The number of hydrogen-bond donors (Lipinski definition) is 1. The van der Waals surface area contributed by atoms with Crippen LogP contribution in [0.2, 0.25) is 0 Å². The van der Waals surface area contributed by atoms with E-state index in [1.807, 2.05) is 36.4 Å². The molecule has 0 radical (unpaired) electrons. The third kappa shape index (κ3) is 4.95. The number of benzene rings is 3. The molecule has 0 atom stereocenters. The standard InChI is InChI=1S/C22H18FNO3/c23-19-13-11-17(21(24)22(19)27-18-9-5-2-6-10-18)12-14-20(25)26-15-16-7-3-1-4-8-16/h1-14H,15,24H2. The minimum absolute atomic E-state index is 0.0824. The third-order valence-electron chi connectivity index (χ3n) is 3.77. The van der Waals surface area contributed by atoms with Crippen LogP contribution < -0.4 is 10.5 Å². The number of carbonyl (C=O) groups excluding carboxylic acids is 1. The number of halogens is 1. The van der Waals surface area contributed by atoms with Gasteiger partial charge in [-0.15, -0.1) is 0 Å². The molecule has 0 bridgehead atoms. The lowest BCUT2D eigenvalue weighted by atomic mass is 10.1. The SMILES string of the molecule is Nc1c(C=CC(=O)OCc2ccccc2)ccc(F)c1Oc1ccccc1. The summed E-state index contributed by atoms with van der Waals surface area (Å²) in [6.45, 7) is 0.172. The van der Waals surface area contributed by atoms with Gasteiger partial charge in [-0.3, -0.25) is 0 Å². The molecule has 0 saturated carbocycles. The first-order valence-corrected chi connectivity index (χ1v) is 8.33. The summed E-state index contributed by atoms with van der Waals surface area (Å²) in [7, 11) is 0. The predicted molar refractivity (Wildman–Crippen MR) is 103 cm³/mol. The van der Waals surface area contributed by atoms with Crippen molar-refractivity contribution in [1.82, 2.24) is 0 Å². The molecule has 2 N–H and O–H groups in total. The van der Waals surface area contributed by atoms with Gasteiger partial charge in [0, 0.05) is 11.6 Å². The van der Waals surface area contributed by atoms with Crippen LogP contribution in [0.3, 0.4) is 0 Å². The van der Waals surface area contributed by atoms with E-state index in [-0.39, 0.29) is 18.0 Å². The fourth-order valence-corrected chi connectivity index (χ4v) is 2.38. The first kappa shape index (κ1) is 18.2. The van der Waals surface area contributed by atoms with Crippen LogP contribution in [0.1, 0.15) is 11.1 Å². The van der Waals surface area contributed by atoms with E-state index in [1.165, 1.54) is 24.3 Å². The molecule has 0 spiro atoms. The van der Waals surface area contributed by atoms with Crippen molar-refractivity contribution in [1.29, 1.82) is 0 Å². The highest BCUT2D eigenvalue weighted by molar-refractivity contribution is 5.88. The Labute approximate surface area is 156 Å². The largest absolute Gasteiger partial charge is 0.458 e. The topological polar surface area (TPSA) is 61.6 Å². The van der Waals surface area contributed by atoms with Gasteiger partial charge in [0.2, 0.25) is 0 Å². The Balaban J connectivity index is 1.70. The van der Waals surface area contributed by atoms with Crippen LogP contribution in [-0.2, 0) is 16.1 Å². The number of nitrogens with two attached hydrogens (primary N) is 1. The molecule has 0 fully saturated rings. The van der Waals surface area contributed by atoms with E-state index in [9.17, 15) is 9.18 Å². The number of nitrogen functional groups attached to an aromatic ring is 1. The van der Waals surface area contributed by atoms with Crippen LogP contribution >= 0.6 is 0 Å². The lowest BCUT2D eigenvalue weighted by Gasteiger charge is -2.11. The van der Waals surface area contributed by atoms with E-state index in [2.05, 4.69) is 0 Å². The van der Waals surface area contributed by atoms with Gasteiger partial charge in [0.05, 0.1) is 5.69 Å². The molecule has 0 aliphatic carbocycles. The van der Waals surface area contributed by atoms with Crippen molar-refractivity contribution in [3.05, 3.63) is 95.8 Å². The van der Waals surface area contributed by atoms with Gasteiger partial charge in [0.1, 0.15) is 12.4 Å². The Morgan fingerprint density at radius 3 is 2.33 bits per heavy atom. The Morgan fingerprint density at radius 1 is 0.963 bits per heavy atom. The van der Waals surface area contributed by atoms with Crippen LogP contribution in [0.5, 0.6) is 11.5 Å². The lowest BCUT2D eigenvalue weighted by molar-refractivity contribution is -0.138. The monoisotopic (exact) mass is 363 g/mol. The Morgan fingerprint density at radius 2 is 1.63 bits per heavy atom. The van der Waals surface area contributed by atoms with Gasteiger partial charge < -0.3 is 15.2 Å². The second-order valence-electron chi connectivity index (χ2n) is 5.72. The Hall–Kier alpha value is -3.60. The molecular formula is C22H18FNO3. The van der Waals surface area contributed by atoms with Crippen LogP contribution in [0.4, 0.5) is 10.1 Å². The average molecular weight is 363 g/mol. The zero-order valence-corrected chi connectivity index (χ0v) is 14.5. The van der Waals surface area contributed by atoms with Crippen molar-refractivity contribution in [2.75, 3.05) is 5.73 Å². The number of ether oxygens (including phenoxy) is 2. The highest BCUT2D eigenvalue weighted by Crippen LogP contribution is 2.33. The van der Waals surface area contributed by atoms with E-state index in [4.69, 9.17) is 15.2 Å². The number of para-hydroxylation sites is 1. The van der Waals surface area contributed by atoms with Crippen LogP contribution in [0.25, 0.3) is 6.08 Å². The van der Waals surface area contributed by atoms with E-state index < -0.39 is 11.8 Å². The molecule has 136 valence electrons. The van der Waals surface area contributed by atoms with Crippen molar-refractivity contribution in [2.45, 2.75) is 6.61 Å². The fraction of sp³-hybridized carbons (Fsp3) is 0.0455. The van der Waals surface area contributed by atoms with Crippen LogP contribution in [0, 0.1) is 5.82 Å².